The molecule has 2 atom stereocenters. The van der Waals surface area contributed by atoms with Crippen molar-refractivity contribution in [3.63, 3.8) is 0 Å². The Hall–Kier alpha value is -1.04. The lowest BCUT2D eigenvalue weighted by Crippen LogP contribution is -2.36. The summed E-state index contributed by atoms with van der Waals surface area (Å²) in [7, 11) is 0. The van der Waals surface area contributed by atoms with Crippen molar-refractivity contribution < 1.29 is 4.79 Å². The van der Waals surface area contributed by atoms with Crippen molar-refractivity contribution in [2.75, 3.05) is 25.4 Å². The van der Waals surface area contributed by atoms with Gasteiger partial charge in [0.25, 0.3) is 5.91 Å². The zero-order valence-corrected chi connectivity index (χ0v) is 14.1. The highest BCUT2D eigenvalue weighted by Gasteiger charge is 2.37. The third kappa shape index (κ3) is 2.90. The van der Waals surface area contributed by atoms with E-state index in [1.807, 2.05) is 18.2 Å². The number of thioether (sulfide) groups is 1. The lowest BCUT2D eigenvalue weighted by molar-refractivity contribution is 0.0955. The first-order valence-corrected chi connectivity index (χ1v) is 9.78. The van der Waals surface area contributed by atoms with Crippen molar-refractivity contribution in [1.82, 2.24) is 10.2 Å². The summed E-state index contributed by atoms with van der Waals surface area (Å²) in [6.07, 6.45) is 2.42. The number of nitrogens with zero attached hydrogens (tertiary/aromatic N) is 1. The summed E-state index contributed by atoms with van der Waals surface area (Å²) in [5.41, 5.74) is 0. The van der Waals surface area contributed by atoms with E-state index in [4.69, 9.17) is 0 Å². The topological polar surface area (TPSA) is 32.3 Å². The molecule has 0 aliphatic carbocycles. The van der Waals surface area contributed by atoms with Crippen LogP contribution in [0.1, 0.15) is 22.5 Å². The van der Waals surface area contributed by atoms with Gasteiger partial charge in [0.2, 0.25) is 0 Å². The Kier molecular flexibility index (Phi) is 4.11. The van der Waals surface area contributed by atoms with Gasteiger partial charge < -0.3 is 5.32 Å². The van der Waals surface area contributed by atoms with Gasteiger partial charge in [0, 0.05) is 41.4 Å². The molecule has 1 N–H and O–H groups in total. The van der Waals surface area contributed by atoms with E-state index in [0.717, 1.165) is 41.1 Å². The van der Waals surface area contributed by atoms with Crippen molar-refractivity contribution in [2.45, 2.75) is 24.1 Å². The van der Waals surface area contributed by atoms with Crippen molar-refractivity contribution in [2.24, 2.45) is 0 Å². The number of benzene rings is 1. The fourth-order valence-electron chi connectivity index (χ4n) is 3.42. The van der Waals surface area contributed by atoms with Crippen molar-refractivity contribution in [1.29, 1.82) is 0 Å². The molecule has 3 nitrogen and oxygen atoms in total. The van der Waals surface area contributed by atoms with E-state index in [1.165, 1.54) is 23.4 Å². The van der Waals surface area contributed by atoms with Gasteiger partial charge in [0.15, 0.2) is 0 Å². The fourth-order valence-corrected chi connectivity index (χ4v) is 5.89. The van der Waals surface area contributed by atoms with Crippen LogP contribution in [0.4, 0.5) is 0 Å². The molecular formula is C17H20N2OS2. The molecule has 2 aliphatic heterocycles. The van der Waals surface area contributed by atoms with E-state index in [1.54, 1.807) is 11.3 Å². The smallest absolute Gasteiger partial charge is 0.261 e. The summed E-state index contributed by atoms with van der Waals surface area (Å²) in [6.45, 7) is 3.14. The minimum Gasteiger partial charge on any atom is -0.351 e. The molecule has 2 unspecified atom stereocenters. The third-order valence-corrected chi connectivity index (χ3v) is 7.08. The van der Waals surface area contributed by atoms with Crippen LogP contribution < -0.4 is 5.32 Å². The first-order valence-electron chi connectivity index (χ1n) is 7.92. The van der Waals surface area contributed by atoms with Gasteiger partial charge >= 0.3 is 0 Å². The molecule has 2 fully saturated rings. The molecule has 0 spiro atoms. The highest BCUT2D eigenvalue weighted by atomic mass is 32.2. The highest BCUT2D eigenvalue weighted by Crippen LogP contribution is 2.37. The second kappa shape index (κ2) is 6.22. The molecule has 22 heavy (non-hydrogen) atoms. The second-order valence-corrected chi connectivity index (χ2v) is 8.51. The van der Waals surface area contributed by atoms with Crippen LogP contribution in [0.5, 0.6) is 0 Å². The lowest BCUT2D eigenvalue weighted by atomic mass is 10.2. The van der Waals surface area contributed by atoms with Gasteiger partial charge in [0.05, 0.1) is 4.88 Å². The number of rotatable bonds is 5. The molecule has 1 aromatic heterocycles. The standard InChI is InChI=1S/C17H20N2OS2/c20-17(16-8-12-4-1-2-5-15(12)22-16)18-6-3-7-19-10-14-9-13(19)11-21-14/h1-2,4-5,8,13-14H,3,6-7,9-11H2,(H,18,20). The summed E-state index contributed by atoms with van der Waals surface area (Å²) >= 11 is 3.70. The summed E-state index contributed by atoms with van der Waals surface area (Å²) < 4.78 is 1.18. The number of likely N-dealkylation sites (tertiary alicyclic amines) is 1. The van der Waals surface area contributed by atoms with E-state index in [2.05, 4.69) is 34.1 Å². The molecule has 3 heterocycles. The number of amides is 1. The number of carbonyl (C=O) groups excluding carboxylic acids is 1. The molecule has 2 aromatic rings. The average molecular weight is 332 g/mol. The summed E-state index contributed by atoms with van der Waals surface area (Å²) in [6, 6.07) is 10.9. The van der Waals surface area contributed by atoms with Gasteiger partial charge in [-0.1, -0.05) is 18.2 Å². The maximum Gasteiger partial charge on any atom is 0.261 e. The summed E-state index contributed by atoms with van der Waals surface area (Å²) in [5.74, 6) is 1.37. The quantitative estimate of drug-likeness (QED) is 0.853. The molecule has 4 rings (SSSR count). The average Bonchev–Trinajstić information content (AvgIpc) is 3.25. The SMILES string of the molecule is O=C(NCCCN1CC2CC1CS2)c1cc2ccccc2s1. The molecule has 116 valence electrons. The number of hydrogen-bond acceptors (Lipinski definition) is 4. The van der Waals surface area contributed by atoms with Gasteiger partial charge in [0.1, 0.15) is 0 Å². The van der Waals surface area contributed by atoms with Gasteiger partial charge in [-0.2, -0.15) is 11.8 Å². The van der Waals surface area contributed by atoms with Crippen LogP contribution >= 0.6 is 23.1 Å². The first-order chi connectivity index (χ1) is 10.8. The minimum atomic E-state index is 0.0692. The Morgan fingerprint density at radius 1 is 1.36 bits per heavy atom. The van der Waals surface area contributed by atoms with Crippen LogP contribution in [0, 0.1) is 0 Å². The Morgan fingerprint density at radius 2 is 2.27 bits per heavy atom. The number of fused-ring (bicyclic) bond motifs is 3. The molecule has 1 amide bonds. The normalized spacial score (nSPS) is 24.2. The molecular weight excluding hydrogens is 312 g/mol. The van der Waals surface area contributed by atoms with Crippen molar-refractivity contribution >= 4 is 39.1 Å². The van der Waals surface area contributed by atoms with Crippen LogP contribution in [-0.2, 0) is 0 Å². The first kappa shape index (κ1) is 14.5. The van der Waals surface area contributed by atoms with Crippen LogP contribution in [0.3, 0.4) is 0 Å². The van der Waals surface area contributed by atoms with E-state index < -0.39 is 0 Å². The monoisotopic (exact) mass is 332 g/mol. The lowest BCUT2D eigenvalue weighted by Gasteiger charge is -2.26. The van der Waals surface area contributed by atoms with Crippen LogP contribution in [-0.4, -0.2) is 47.5 Å². The number of nitrogens with one attached hydrogen (secondary N) is 1. The largest absolute Gasteiger partial charge is 0.351 e. The maximum absolute atomic E-state index is 12.2. The van der Waals surface area contributed by atoms with E-state index in [9.17, 15) is 4.79 Å². The predicted molar refractivity (Wildman–Crippen MR) is 95.0 cm³/mol. The molecule has 5 heteroatoms. The fraction of sp³-hybridized carbons (Fsp3) is 0.471. The van der Waals surface area contributed by atoms with Crippen LogP contribution in [0.2, 0.25) is 0 Å². The molecule has 2 saturated heterocycles. The predicted octanol–water partition coefficient (Wildman–Crippen LogP) is 3.21. The van der Waals surface area contributed by atoms with Gasteiger partial charge in [-0.3, -0.25) is 9.69 Å². The Labute approximate surface area is 139 Å². The minimum absolute atomic E-state index is 0.0692. The summed E-state index contributed by atoms with van der Waals surface area (Å²) in [4.78, 5) is 15.6. The second-order valence-electron chi connectivity index (χ2n) is 6.10. The third-order valence-electron chi connectivity index (χ3n) is 4.57. The molecule has 0 radical (unpaired) electrons. The molecule has 2 aliphatic rings. The molecule has 1 aromatic carbocycles. The number of hydrogen-bond donors (Lipinski definition) is 1. The Balaban J connectivity index is 1.26. The van der Waals surface area contributed by atoms with Gasteiger partial charge in [-0.05, 0) is 30.4 Å². The number of thiophene rings is 1. The van der Waals surface area contributed by atoms with Crippen molar-refractivity contribution in [3.8, 4) is 0 Å². The van der Waals surface area contributed by atoms with Crippen molar-refractivity contribution in [3.05, 3.63) is 35.2 Å². The van der Waals surface area contributed by atoms with E-state index in [-0.39, 0.29) is 5.91 Å². The summed E-state index contributed by atoms with van der Waals surface area (Å²) in [5, 5.41) is 5.10. The highest BCUT2D eigenvalue weighted by molar-refractivity contribution is 8.00. The van der Waals surface area contributed by atoms with Gasteiger partial charge in [-0.25, -0.2) is 0 Å². The zero-order chi connectivity index (χ0) is 14.9. The maximum atomic E-state index is 12.2. The number of carbonyl (C=O) groups is 1. The Morgan fingerprint density at radius 3 is 3.05 bits per heavy atom. The van der Waals surface area contributed by atoms with E-state index in [0.29, 0.717) is 0 Å². The van der Waals surface area contributed by atoms with Gasteiger partial charge in [-0.15, -0.1) is 11.3 Å². The molecule has 0 saturated carbocycles. The molecule has 2 bridgehead atoms. The van der Waals surface area contributed by atoms with E-state index >= 15 is 0 Å². The Bertz CT molecular complexity index is 651. The van der Waals surface area contributed by atoms with Crippen LogP contribution in [0.15, 0.2) is 30.3 Å². The zero-order valence-electron chi connectivity index (χ0n) is 12.5. The van der Waals surface area contributed by atoms with Crippen LogP contribution in [0.25, 0.3) is 10.1 Å².